The molecule has 1 aliphatic rings. The van der Waals surface area contributed by atoms with Gasteiger partial charge in [0.25, 0.3) is 5.56 Å². The van der Waals surface area contributed by atoms with Crippen molar-refractivity contribution in [3.05, 3.63) is 67.2 Å². The molecule has 25 heavy (non-hydrogen) atoms. The van der Waals surface area contributed by atoms with E-state index < -0.39 is 0 Å². The highest BCUT2D eigenvalue weighted by Crippen LogP contribution is 2.25. The third-order valence-electron chi connectivity index (χ3n) is 4.34. The van der Waals surface area contributed by atoms with Gasteiger partial charge in [-0.2, -0.15) is 0 Å². The van der Waals surface area contributed by atoms with Crippen LogP contribution in [0.4, 0.5) is 5.69 Å². The van der Waals surface area contributed by atoms with Gasteiger partial charge in [0.1, 0.15) is 5.82 Å². The molecule has 0 radical (unpaired) electrons. The molecule has 0 atom stereocenters. The molecule has 4 rings (SSSR count). The zero-order chi connectivity index (χ0) is 17.4. The molecule has 0 spiro atoms. The lowest BCUT2D eigenvalue weighted by atomic mass is 10.1. The summed E-state index contributed by atoms with van der Waals surface area (Å²) in [5, 5.41) is 0. The number of fused-ring (bicyclic) bond motifs is 1. The zero-order valence-corrected chi connectivity index (χ0v) is 15.0. The molecule has 0 aliphatic carbocycles. The molecule has 2 aromatic heterocycles. The maximum atomic E-state index is 12.6. The van der Waals surface area contributed by atoms with Crippen LogP contribution in [0.25, 0.3) is 11.4 Å². The van der Waals surface area contributed by atoms with Crippen molar-refractivity contribution < 1.29 is 0 Å². The summed E-state index contributed by atoms with van der Waals surface area (Å²) in [5.41, 5.74) is 8.85. The Morgan fingerprint density at radius 2 is 2.04 bits per heavy atom. The maximum absolute atomic E-state index is 12.6. The topological polar surface area (TPSA) is 75.0 Å². The van der Waals surface area contributed by atoms with Gasteiger partial charge >= 0.3 is 0 Å². The number of halogens is 1. The Hall–Kier alpha value is -2.15. The Balaban J connectivity index is 1.59. The van der Waals surface area contributed by atoms with Crippen LogP contribution in [0.15, 0.2) is 41.2 Å². The number of rotatable bonds is 3. The van der Waals surface area contributed by atoms with Crippen molar-refractivity contribution >= 4 is 28.6 Å². The number of nitrogen functional groups attached to an aromatic ring is 1. The van der Waals surface area contributed by atoms with Crippen LogP contribution in [-0.4, -0.2) is 21.4 Å². The fraction of sp³-hybridized carbons (Fsp3) is 0.222. The van der Waals surface area contributed by atoms with Crippen molar-refractivity contribution in [2.24, 2.45) is 0 Å². The minimum absolute atomic E-state index is 0.0641. The van der Waals surface area contributed by atoms with Gasteiger partial charge < -0.3 is 10.7 Å². The van der Waals surface area contributed by atoms with E-state index in [1.165, 1.54) is 4.88 Å². The van der Waals surface area contributed by atoms with Crippen molar-refractivity contribution in [1.82, 2.24) is 14.9 Å². The molecule has 0 bridgehead atoms. The number of anilines is 1. The number of benzene rings is 1. The van der Waals surface area contributed by atoms with Crippen LogP contribution in [0.2, 0.25) is 4.34 Å². The smallest absolute Gasteiger partial charge is 0.255 e. The van der Waals surface area contributed by atoms with Crippen LogP contribution >= 0.6 is 22.9 Å². The zero-order valence-electron chi connectivity index (χ0n) is 13.5. The van der Waals surface area contributed by atoms with E-state index in [-0.39, 0.29) is 5.56 Å². The number of H-pyrrole nitrogens is 1. The van der Waals surface area contributed by atoms with E-state index >= 15 is 0 Å². The summed E-state index contributed by atoms with van der Waals surface area (Å²) < 4.78 is 0.792. The van der Waals surface area contributed by atoms with E-state index in [9.17, 15) is 4.79 Å². The van der Waals surface area contributed by atoms with Crippen molar-refractivity contribution in [3.8, 4) is 11.4 Å². The Labute approximate surface area is 154 Å². The van der Waals surface area contributed by atoms with Crippen LogP contribution in [0.1, 0.15) is 16.1 Å². The number of aromatic nitrogens is 2. The molecule has 3 N–H and O–H groups in total. The quantitative estimate of drug-likeness (QED) is 0.692. The predicted molar refractivity (Wildman–Crippen MR) is 102 cm³/mol. The minimum Gasteiger partial charge on any atom is -0.399 e. The van der Waals surface area contributed by atoms with Crippen molar-refractivity contribution in [3.63, 3.8) is 0 Å². The molecular formula is C18H17ClN4OS. The van der Waals surface area contributed by atoms with Crippen LogP contribution in [-0.2, 0) is 19.5 Å². The van der Waals surface area contributed by atoms with E-state index in [1.807, 2.05) is 36.4 Å². The SMILES string of the molecule is Nc1ccc(-c2nc3c(c(=O)[nH]2)CN(Cc2ccc(Cl)s2)CC3)cc1. The van der Waals surface area contributed by atoms with Gasteiger partial charge in [0.05, 0.1) is 15.6 Å². The Morgan fingerprint density at radius 1 is 1.24 bits per heavy atom. The lowest BCUT2D eigenvalue weighted by Crippen LogP contribution is -2.35. The summed E-state index contributed by atoms with van der Waals surface area (Å²) in [6, 6.07) is 11.3. The van der Waals surface area contributed by atoms with Crippen LogP contribution < -0.4 is 11.3 Å². The molecule has 0 saturated heterocycles. The molecule has 3 aromatic rings. The monoisotopic (exact) mass is 372 g/mol. The van der Waals surface area contributed by atoms with Gasteiger partial charge in [-0.3, -0.25) is 9.69 Å². The van der Waals surface area contributed by atoms with Gasteiger partial charge in [-0.1, -0.05) is 11.6 Å². The standard InChI is InChI=1S/C18H17ClN4OS/c19-16-6-5-13(25-16)9-23-8-7-15-14(10-23)18(24)22-17(21-15)11-1-3-12(20)4-2-11/h1-6H,7-10,20H2,(H,21,22,24). The largest absolute Gasteiger partial charge is 0.399 e. The third kappa shape index (κ3) is 3.46. The van der Waals surface area contributed by atoms with E-state index in [0.717, 1.165) is 40.7 Å². The third-order valence-corrected chi connectivity index (χ3v) is 5.56. The number of nitrogens with zero attached hydrogens (tertiary/aromatic N) is 2. The van der Waals surface area contributed by atoms with Gasteiger partial charge in [-0.05, 0) is 36.4 Å². The first-order valence-electron chi connectivity index (χ1n) is 8.03. The first kappa shape index (κ1) is 16.3. The van der Waals surface area contributed by atoms with Gasteiger partial charge in [0.2, 0.25) is 0 Å². The molecule has 1 aliphatic heterocycles. The maximum Gasteiger partial charge on any atom is 0.255 e. The van der Waals surface area contributed by atoms with Crippen molar-refractivity contribution in [2.45, 2.75) is 19.5 Å². The van der Waals surface area contributed by atoms with E-state index in [0.29, 0.717) is 18.1 Å². The van der Waals surface area contributed by atoms with Crippen molar-refractivity contribution in [2.75, 3.05) is 12.3 Å². The first-order valence-corrected chi connectivity index (χ1v) is 9.22. The van der Waals surface area contributed by atoms with E-state index in [2.05, 4.69) is 14.9 Å². The summed E-state index contributed by atoms with van der Waals surface area (Å²) in [6.07, 6.45) is 0.764. The molecular weight excluding hydrogens is 356 g/mol. The minimum atomic E-state index is -0.0641. The molecule has 5 nitrogen and oxygen atoms in total. The van der Waals surface area contributed by atoms with E-state index in [1.54, 1.807) is 11.3 Å². The highest BCUT2D eigenvalue weighted by atomic mass is 35.5. The first-order chi connectivity index (χ1) is 12.1. The fourth-order valence-electron chi connectivity index (χ4n) is 3.05. The lowest BCUT2D eigenvalue weighted by Gasteiger charge is -2.27. The molecule has 7 heteroatoms. The molecule has 1 aromatic carbocycles. The Bertz CT molecular complexity index is 964. The van der Waals surface area contributed by atoms with Crippen molar-refractivity contribution in [1.29, 1.82) is 0 Å². The molecule has 0 unspecified atom stereocenters. The average molecular weight is 373 g/mol. The van der Waals surface area contributed by atoms with Crippen LogP contribution in [0, 0.1) is 0 Å². The lowest BCUT2D eigenvalue weighted by molar-refractivity contribution is 0.244. The molecule has 0 amide bonds. The summed E-state index contributed by atoms with van der Waals surface area (Å²) in [4.78, 5) is 23.6. The Morgan fingerprint density at radius 3 is 2.76 bits per heavy atom. The highest BCUT2D eigenvalue weighted by Gasteiger charge is 2.22. The Kier molecular flexibility index (Phi) is 4.33. The van der Waals surface area contributed by atoms with Gasteiger partial charge in [0.15, 0.2) is 0 Å². The summed E-state index contributed by atoms with van der Waals surface area (Å²) in [7, 11) is 0. The van der Waals surface area contributed by atoms with Gasteiger partial charge in [-0.15, -0.1) is 11.3 Å². The highest BCUT2D eigenvalue weighted by molar-refractivity contribution is 7.16. The summed E-state index contributed by atoms with van der Waals surface area (Å²) in [5.74, 6) is 0.599. The number of aromatic amines is 1. The predicted octanol–water partition coefficient (Wildman–Crippen LogP) is 3.29. The normalized spacial score (nSPS) is 14.4. The molecule has 0 fully saturated rings. The fourth-order valence-corrected chi connectivity index (χ4v) is 4.18. The van der Waals surface area contributed by atoms with E-state index in [4.69, 9.17) is 17.3 Å². The van der Waals surface area contributed by atoms with Gasteiger partial charge in [-0.25, -0.2) is 4.98 Å². The number of nitrogens with one attached hydrogen (secondary N) is 1. The van der Waals surface area contributed by atoms with Crippen LogP contribution in [0.3, 0.4) is 0 Å². The second kappa shape index (κ2) is 6.63. The number of nitrogens with two attached hydrogens (primary N) is 1. The average Bonchev–Trinajstić information content (AvgIpc) is 3.01. The number of thiophene rings is 1. The number of hydrogen-bond acceptors (Lipinski definition) is 5. The summed E-state index contributed by atoms with van der Waals surface area (Å²) >= 11 is 7.58. The number of hydrogen-bond donors (Lipinski definition) is 2. The second-order valence-corrected chi connectivity index (χ2v) is 7.93. The van der Waals surface area contributed by atoms with Crippen LogP contribution in [0.5, 0.6) is 0 Å². The second-order valence-electron chi connectivity index (χ2n) is 6.13. The summed E-state index contributed by atoms with van der Waals surface area (Å²) in [6.45, 7) is 2.28. The molecule has 128 valence electrons. The van der Waals surface area contributed by atoms with Gasteiger partial charge in [0, 0.05) is 42.2 Å². The molecule has 3 heterocycles. The molecule has 0 saturated carbocycles.